The topological polar surface area (TPSA) is 81.2 Å². The van der Waals surface area contributed by atoms with Crippen LogP contribution in [-0.2, 0) is 22.4 Å². The summed E-state index contributed by atoms with van der Waals surface area (Å²) in [5, 5.41) is 4.13. The van der Waals surface area contributed by atoms with E-state index in [-0.39, 0.29) is 17.6 Å². The fourth-order valence-electron chi connectivity index (χ4n) is 4.72. The summed E-state index contributed by atoms with van der Waals surface area (Å²) < 4.78 is 5.38. The van der Waals surface area contributed by atoms with Crippen LogP contribution in [0.4, 0.5) is 5.00 Å². The number of aryl methyl sites for hydroxylation is 1. The molecule has 2 aromatic heterocycles. The molecule has 6 nitrogen and oxygen atoms in total. The average Bonchev–Trinajstić information content (AvgIpc) is 3.28. The third kappa shape index (κ3) is 6.75. The van der Waals surface area contributed by atoms with Gasteiger partial charge in [-0.05, 0) is 44.2 Å². The van der Waals surface area contributed by atoms with Gasteiger partial charge in [-0.15, -0.1) is 11.3 Å². The van der Waals surface area contributed by atoms with Gasteiger partial charge in [-0.25, -0.2) is 14.8 Å². The third-order valence-electron chi connectivity index (χ3n) is 6.58. The molecule has 0 spiro atoms. The van der Waals surface area contributed by atoms with E-state index in [4.69, 9.17) is 14.7 Å². The van der Waals surface area contributed by atoms with Gasteiger partial charge in [0.2, 0.25) is 5.91 Å². The first kappa shape index (κ1) is 27.1. The number of ether oxygens (including phenoxy) is 1. The number of amides is 1. The van der Waals surface area contributed by atoms with Crippen molar-refractivity contribution in [3.8, 4) is 22.5 Å². The van der Waals surface area contributed by atoms with Crippen LogP contribution >= 0.6 is 23.1 Å². The molecule has 0 fully saturated rings. The molecular formula is C31H31N3O3S2. The number of carbonyl (C=O) groups is 2. The molecule has 0 saturated carbocycles. The molecule has 0 bridgehead atoms. The molecule has 39 heavy (non-hydrogen) atoms. The van der Waals surface area contributed by atoms with Crippen LogP contribution in [0.1, 0.15) is 53.4 Å². The molecule has 1 aliphatic carbocycles. The lowest BCUT2D eigenvalue weighted by Gasteiger charge is -2.11. The van der Waals surface area contributed by atoms with Crippen molar-refractivity contribution in [2.45, 2.75) is 50.6 Å². The highest BCUT2D eigenvalue weighted by molar-refractivity contribution is 7.99. The summed E-state index contributed by atoms with van der Waals surface area (Å²) in [5.74, 6) is -0.434. The van der Waals surface area contributed by atoms with E-state index in [1.54, 1.807) is 6.92 Å². The smallest absolute Gasteiger partial charge is 0.341 e. The number of nitrogens with one attached hydrogen (secondary N) is 1. The summed E-state index contributed by atoms with van der Waals surface area (Å²) in [6.45, 7) is 2.10. The second-order valence-electron chi connectivity index (χ2n) is 9.33. The van der Waals surface area contributed by atoms with Gasteiger partial charge < -0.3 is 10.1 Å². The van der Waals surface area contributed by atoms with Crippen molar-refractivity contribution in [1.82, 2.24) is 9.97 Å². The maximum Gasteiger partial charge on any atom is 0.341 e. The number of nitrogens with zero attached hydrogens (tertiary/aromatic N) is 2. The Bertz CT molecular complexity index is 1380. The quantitative estimate of drug-likeness (QED) is 0.138. The van der Waals surface area contributed by atoms with Crippen molar-refractivity contribution in [2.75, 3.05) is 17.7 Å². The predicted octanol–water partition coefficient (Wildman–Crippen LogP) is 7.44. The maximum absolute atomic E-state index is 13.1. The Kier molecular flexibility index (Phi) is 9.06. The molecule has 8 heteroatoms. The summed E-state index contributed by atoms with van der Waals surface area (Å²) in [6.07, 6.45) is 6.25. The maximum atomic E-state index is 13.1. The standard InChI is InChI=1S/C31H31N3O3S2/c1-2-37-30(36)28-23-17-11-3-4-12-18-26(23)39-29(28)34-27(35)20-38-31-32-24(21-13-7-5-8-14-21)19-25(33-31)22-15-9-6-10-16-22/h5-10,13-16,19H,2-4,11-12,17-18,20H2,1H3,(H,34,35). The summed E-state index contributed by atoms with van der Waals surface area (Å²) in [5.41, 5.74) is 5.15. The molecule has 1 amide bonds. The molecule has 0 radical (unpaired) electrons. The fraction of sp³-hybridized carbons (Fsp3) is 0.290. The molecule has 0 saturated heterocycles. The number of fused-ring (bicyclic) bond motifs is 1. The molecule has 5 rings (SSSR count). The number of anilines is 1. The minimum Gasteiger partial charge on any atom is -0.462 e. The summed E-state index contributed by atoms with van der Waals surface area (Å²) in [7, 11) is 0. The number of aromatic nitrogens is 2. The van der Waals surface area contributed by atoms with Gasteiger partial charge in [0.25, 0.3) is 0 Å². The first-order valence-electron chi connectivity index (χ1n) is 13.4. The van der Waals surface area contributed by atoms with Crippen molar-refractivity contribution in [3.63, 3.8) is 0 Å². The Hall–Kier alpha value is -3.49. The first-order valence-corrected chi connectivity index (χ1v) is 15.2. The number of rotatable bonds is 8. The molecule has 0 atom stereocenters. The lowest BCUT2D eigenvalue weighted by Crippen LogP contribution is -2.17. The third-order valence-corrected chi connectivity index (χ3v) is 8.64. The Morgan fingerprint density at radius 3 is 2.13 bits per heavy atom. The highest BCUT2D eigenvalue weighted by Crippen LogP contribution is 2.38. The average molecular weight is 558 g/mol. The predicted molar refractivity (Wildman–Crippen MR) is 158 cm³/mol. The minimum absolute atomic E-state index is 0.122. The number of thiophene rings is 1. The highest BCUT2D eigenvalue weighted by Gasteiger charge is 2.26. The van der Waals surface area contributed by atoms with Crippen molar-refractivity contribution in [2.24, 2.45) is 0 Å². The van der Waals surface area contributed by atoms with E-state index in [0.717, 1.165) is 60.2 Å². The molecule has 0 unspecified atom stereocenters. The Labute approximate surface area is 237 Å². The minimum atomic E-state index is -0.357. The largest absolute Gasteiger partial charge is 0.462 e. The number of thioether (sulfide) groups is 1. The van der Waals surface area contributed by atoms with E-state index in [2.05, 4.69) is 5.32 Å². The van der Waals surface area contributed by atoms with Gasteiger partial charge in [0, 0.05) is 16.0 Å². The van der Waals surface area contributed by atoms with Crippen molar-refractivity contribution >= 4 is 40.0 Å². The van der Waals surface area contributed by atoms with Gasteiger partial charge in [-0.1, -0.05) is 85.3 Å². The molecule has 0 aliphatic heterocycles. The highest BCUT2D eigenvalue weighted by atomic mass is 32.2. The van der Waals surface area contributed by atoms with E-state index in [1.165, 1.54) is 34.4 Å². The summed E-state index contributed by atoms with van der Waals surface area (Å²) in [6, 6.07) is 21.9. The van der Waals surface area contributed by atoms with Crippen LogP contribution in [0.2, 0.25) is 0 Å². The van der Waals surface area contributed by atoms with Crippen molar-refractivity contribution in [1.29, 1.82) is 0 Å². The van der Waals surface area contributed by atoms with Gasteiger partial charge >= 0.3 is 5.97 Å². The van der Waals surface area contributed by atoms with E-state index in [1.807, 2.05) is 66.7 Å². The van der Waals surface area contributed by atoms with E-state index < -0.39 is 0 Å². The van der Waals surface area contributed by atoms with Crippen LogP contribution in [0.15, 0.2) is 71.9 Å². The first-order chi connectivity index (χ1) is 19.1. The van der Waals surface area contributed by atoms with Gasteiger partial charge in [-0.2, -0.15) is 0 Å². The van der Waals surface area contributed by atoms with Crippen molar-refractivity contribution < 1.29 is 14.3 Å². The number of hydrogen-bond acceptors (Lipinski definition) is 7. The van der Waals surface area contributed by atoms with E-state index in [0.29, 0.717) is 22.3 Å². The van der Waals surface area contributed by atoms with Gasteiger partial charge in [0.15, 0.2) is 5.16 Å². The SMILES string of the molecule is CCOC(=O)c1c(NC(=O)CSc2nc(-c3ccccc3)cc(-c3ccccc3)n2)sc2c1CCCCCC2. The molecule has 1 aliphatic rings. The van der Waals surface area contributed by atoms with Crippen LogP contribution in [-0.4, -0.2) is 34.2 Å². The van der Waals surface area contributed by atoms with Crippen LogP contribution in [0, 0.1) is 0 Å². The van der Waals surface area contributed by atoms with Crippen LogP contribution in [0.25, 0.3) is 22.5 Å². The Balaban J connectivity index is 1.37. The number of benzene rings is 2. The monoisotopic (exact) mass is 557 g/mol. The molecular weight excluding hydrogens is 526 g/mol. The van der Waals surface area contributed by atoms with E-state index >= 15 is 0 Å². The Morgan fingerprint density at radius 2 is 1.51 bits per heavy atom. The normalized spacial score (nSPS) is 13.2. The molecule has 2 aromatic carbocycles. The van der Waals surface area contributed by atoms with Crippen LogP contribution in [0.3, 0.4) is 0 Å². The molecule has 4 aromatic rings. The molecule has 200 valence electrons. The van der Waals surface area contributed by atoms with Gasteiger partial charge in [-0.3, -0.25) is 4.79 Å². The lowest BCUT2D eigenvalue weighted by atomic mass is 9.96. The second kappa shape index (κ2) is 13.0. The van der Waals surface area contributed by atoms with E-state index in [9.17, 15) is 9.59 Å². The summed E-state index contributed by atoms with van der Waals surface area (Å²) in [4.78, 5) is 36.7. The number of carbonyl (C=O) groups excluding carboxylic acids is 2. The fourth-order valence-corrected chi connectivity index (χ4v) is 6.67. The second-order valence-corrected chi connectivity index (χ2v) is 11.4. The zero-order valence-electron chi connectivity index (χ0n) is 21.9. The Morgan fingerprint density at radius 1 is 0.897 bits per heavy atom. The number of hydrogen-bond donors (Lipinski definition) is 1. The van der Waals surface area contributed by atoms with Gasteiger partial charge in [0.05, 0.1) is 29.3 Å². The number of esters is 1. The van der Waals surface area contributed by atoms with Crippen LogP contribution in [0.5, 0.6) is 0 Å². The van der Waals surface area contributed by atoms with Crippen molar-refractivity contribution in [3.05, 3.63) is 82.7 Å². The van der Waals surface area contributed by atoms with Gasteiger partial charge in [0.1, 0.15) is 5.00 Å². The molecule has 2 heterocycles. The lowest BCUT2D eigenvalue weighted by molar-refractivity contribution is -0.113. The summed E-state index contributed by atoms with van der Waals surface area (Å²) >= 11 is 2.80. The molecule has 1 N–H and O–H groups in total. The zero-order valence-corrected chi connectivity index (χ0v) is 23.6. The zero-order chi connectivity index (χ0) is 27.0. The van der Waals surface area contributed by atoms with Crippen LogP contribution < -0.4 is 5.32 Å².